The van der Waals surface area contributed by atoms with Crippen LogP contribution >= 0.6 is 0 Å². The predicted molar refractivity (Wildman–Crippen MR) is 150 cm³/mol. The second-order valence-corrected chi connectivity index (χ2v) is 11.0. The molecule has 0 saturated carbocycles. The van der Waals surface area contributed by atoms with E-state index in [0.717, 1.165) is 31.6 Å². The third-order valence-corrected chi connectivity index (χ3v) is 8.41. The van der Waals surface area contributed by atoms with Crippen molar-refractivity contribution < 1.29 is 23.4 Å². The fourth-order valence-electron chi connectivity index (χ4n) is 5.88. The number of anilines is 1. The molecule has 2 N–H and O–H groups in total. The summed E-state index contributed by atoms with van der Waals surface area (Å²) in [5.41, 5.74) is 2.15. The van der Waals surface area contributed by atoms with E-state index >= 15 is 0 Å². The second-order valence-electron chi connectivity index (χ2n) is 11.0. The first kappa shape index (κ1) is 28.0. The van der Waals surface area contributed by atoms with E-state index in [2.05, 4.69) is 32.2 Å². The predicted octanol–water partition coefficient (Wildman–Crippen LogP) is 3.76. The fraction of sp³-hybridized carbons (Fsp3) is 0.448. The summed E-state index contributed by atoms with van der Waals surface area (Å²) >= 11 is 0. The lowest BCUT2D eigenvalue weighted by atomic mass is 9.92. The van der Waals surface area contributed by atoms with Gasteiger partial charge in [0.05, 0.1) is 54.3 Å². The Labute approximate surface area is 241 Å². The largest absolute Gasteiger partial charge is 0.495 e. The average molecular weight is 579 g/mol. The van der Waals surface area contributed by atoms with Crippen LogP contribution in [0.2, 0.25) is 0 Å². The van der Waals surface area contributed by atoms with E-state index in [9.17, 15) is 19.1 Å². The Morgan fingerprint density at radius 2 is 2.02 bits per heavy atom. The number of aromatic nitrogens is 5. The van der Waals surface area contributed by atoms with Gasteiger partial charge in [-0.2, -0.15) is 10.4 Å². The number of nitrogens with zero attached hydrogens (tertiary/aromatic N) is 7. The minimum absolute atomic E-state index is 0.0505. The molecule has 0 unspecified atom stereocenters. The summed E-state index contributed by atoms with van der Waals surface area (Å²) in [6, 6.07) is 10.3. The highest BCUT2D eigenvalue weighted by Gasteiger charge is 2.44. The van der Waals surface area contributed by atoms with Crippen molar-refractivity contribution in [3.63, 3.8) is 0 Å². The number of benzene rings is 1. The average Bonchev–Trinajstić information content (AvgIpc) is 3.68. The number of piperidine rings is 1. The number of likely N-dealkylation sites (tertiary alicyclic amines) is 1. The van der Waals surface area contributed by atoms with Gasteiger partial charge in [0.2, 0.25) is 0 Å². The highest BCUT2D eigenvalue weighted by molar-refractivity contribution is 5.84. The molecule has 2 atom stereocenters. The van der Waals surface area contributed by atoms with Gasteiger partial charge in [0.1, 0.15) is 24.0 Å². The second kappa shape index (κ2) is 10.9. The number of hydrogen-bond acceptors (Lipinski definition) is 9. The molecule has 2 aliphatic heterocycles. The van der Waals surface area contributed by atoms with E-state index in [-0.39, 0.29) is 28.7 Å². The molecule has 11 nitrogen and oxygen atoms in total. The molecule has 0 bridgehead atoms. The molecule has 13 heteroatoms. The van der Waals surface area contributed by atoms with Crippen molar-refractivity contribution in [1.29, 1.82) is 5.26 Å². The van der Waals surface area contributed by atoms with Crippen LogP contribution < -0.4 is 10.1 Å². The number of aliphatic hydroxyl groups is 1. The molecule has 2 fully saturated rings. The molecule has 0 spiro atoms. The zero-order chi connectivity index (χ0) is 29.6. The first-order valence-electron chi connectivity index (χ1n) is 13.8. The Bertz CT molecular complexity index is 1660. The third kappa shape index (κ3) is 4.85. The number of aliphatic hydroxyl groups excluding tert-OH is 1. The molecule has 1 aromatic carbocycles. The van der Waals surface area contributed by atoms with Crippen LogP contribution in [-0.4, -0.2) is 85.4 Å². The van der Waals surface area contributed by atoms with Crippen molar-refractivity contribution in [3.05, 3.63) is 53.6 Å². The van der Waals surface area contributed by atoms with E-state index in [1.165, 1.54) is 22.9 Å². The number of ether oxygens (including phenoxy) is 2. The maximum Gasteiger partial charge on any atom is 0.267 e. The van der Waals surface area contributed by atoms with Gasteiger partial charge in [-0.25, -0.2) is 23.4 Å². The van der Waals surface area contributed by atoms with Crippen LogP contribution in [0.4, 0.5) is 14.5 Å². The molecule has 0 aliphatic carbocycles. The van der Waals surface area contributed by atoms with Gasteiger partial charge in [-0.05, 0) is 51.0 Å². The van der Waals surface area contributed by atoms with Gasteiger partial charge in [0.25, 0.3) is 6.43 Å². The molecule has 4 aromatic rings. The molecule has 5 heterocycles. The van der Waals surface area contributed by atoms with E-state index in [4.69, 9.17) is 9.47 Å². The van der Waals surface area contributed by atoms with Crippen LogP contribution in [-0.2, 0) is 4.74 Å². The molecular weight excluding hydrogens is 546 g/mol. The number of imidazole rings is 1. The lowest BCUT2D eigenvalue weighted by molar-refractivity contribution is -0.000587. The van der Waals surface area contributed by atoms with E-state index in [1.807, 2.05) is 18.2 Å². The lowest BCUT2D eigenvalue weighted by Gasteiger charge is -2.43. The summed E-state index contributed by atoms with van der Waals surface area (Å²) < 4.78 is 42.1. The van der Waals surface area contributed by atoms with E-state index < -0.39 is 12.5 Å². The van der Waals surface area contributed by atoms with Crippen LogP contribution in [0.25, 0.3) is 22.7 Å². The number of fused-ring (bicyclic) bond motifs is 1. The smallest absolute Gasteiger partial charge is 0.267 e. The van der Waals surface area contributed by atoms with Crippen LogP contribution in [0.5, 0.6) is 5.75 Å². The van der Waals surface area contributed by atoms with Crippen molar-refractivity contribution in [2.45, 2.75) is 50.8 Å². The Morgan fingerprint density at radius 3 is 2.67 bits per heavy atom. The molecule has 0 amide bonds. The number of methoxy groups -OCH3 is 1. The number of pyridine rings is 1. The monoisotopic (exact) mass is 578 g/mol. The number of hydrogen-bond donors (Lipinski definition) is 2. The molecule has 3 aromatic heterocycles. The van der Waals surface area contributed by atoms with Crippen LogP contribution in [0.15, 0.2) is 36.7 Å². The first-order valence-corrected chi connectivity index (χ1v) is 13.8. The van der Waals surface area contributed by atoms with Crippen LogP contribution in [0.1, 0.15) is 43.1 Å². The normalized spacial score (nSPS) is 21.7. The Kier molecular flexibility index (Phi) is 7.30. The van der Waals surface area contributed by atoms with E-state index in [1.54, 1.807) is 24.9 Å². The summed E-state index contributed by atoms with van der Waals surface area (Å²) in [6.07, 6.45) is 0.0983. The fourth-order valence-corrected chi connectivity index (χ4v) is 5.88. The molecule has 0 radical (unpaired) electrons. The highest BCUT2D eigenvalue weighted by Crippen LogP contribution is 2.35. The summed E-state index contributed by atoms with van der Waals surface area (Å²) in [5, 5.41) is 27.4. The minimum Gasteiger partial charge on any atom is -0.495 e. The van der Waals surface area contributed by atoms with Gasteiger partial charge in [-0.3, -0.25) is 9.47 Å². The zero-order valence-corrected chi connectivity index (χ0v) is 23.6. The van der Waals surface area contributed by atoms with Crippen molar-refractivity contribution in [3.8, 4) is 23.5 Å². The number of aryl methyl sites for hydroxylation is 1. The first-order chi connectivity index (χ1) is 20.2. The van der Waals surface area contributed by atoms with E-state index in [0.29, 0.717) is 41.5 Å². The van der Waals surface area contributed by atoms with Crippen molar-refractivity contribution in [1.82, 2.24) is 29.2 Å². The lowest BCUT2D eigenvalue weighted by Crippen LogP contribution is -2.57. The quantitative estimate of drug-likeness (QED) is 0.337. The summed E-state index contributed by atoms with van der Waals surface area (Å²) in [4.78, 5) is 11.4. The zero-order valence-electron chi connectivity index (χ0n) is 23.6. The minimum atomic E-state index is -2.78. The number of halogens is 2. The Balaban J connectivity index is 1.28. The van der Waals surface area contributed by atoms with Gasteiger partial charge >= 0.3 is 0 Å². The highest BCUT2D eigenvalue weighted by atomic mass is 19.3. The maximum atomic E-state index is 13.9. The SMILES string of the molecule is COc1cc2c(cc1NC1CCN([C@]3(C)COC[C@@H]3O)CC1)ncn2-c1ccc(C(F)F)c(-n2nc(C#N)cc2C)n1. The van der Waals surface area contributed by atoms with Gasteiger partial charge in [0, 0.05) is 30.9 Å². The van der Waals surface area contributed by atoms with Gasteiger partial charge in [-0.15, -0.1) is 0 Å². The van der Waals surface area contributed by atoms with Crippen molar-refractivity contribution in [2.75, 3.05) is 38.7 Å². The van der Waals surface area contributed by atoms with Crippen molar-refractivity contribution >= 4 is 16.7 Å². The summed E-state index contributed by atoms with van der Waals surface area (Å²) in [7, 11) is 1.60. The molecule has 6 rings (SSSR count). The molecule has 220 valence electrons. The van der Waals surface area contributed by atoms with Crippen LogP contribution in [0, 0.1) is 18.3 Å². The number of nitriles is 1. The topological polar surface area (TPSA) is 126 Å². The number of alkyl halides is 2. The van der Waals surface area contributed by atoms with Gasteiger partial charge < -0.3 is 19.9 Å². The summed E-state index contributed by atoms with van der Waals surface area (Å²) in [5.74, 6) is 0.932. The van der Waals surface area contributed by atoms with Gasteiger partial charge in [-0.1, -0.05) is 0 Å². The standard InChI is InChI=1S/C29H32F2N8O3/c1-17-10-19(13-32)36-39(17)28-20(27(30)31)4-5-26(35-28)38-16-33-21-11-22(24(41-3)12-23(21)38)34-18-6-8-37(9-7-18)29(2)15-42-14-25(29)40/h4-5,10-12,16,18,25,27,34,40H,6-9,14-15H2,1-3H3/t25-,29+/m0/s1. The van der Waals surface area contributed by atoms with Crippen molar-refractivity contribution in [2.24, 2.45) is 0 Å². The number of rotatable bonds is 7. The number of nitrogens with one attached hydrogen (secondary N) is 1. The molecule has 42 heavy (non-hydrogen) atoms. The molecular formula is C29H32F2N8O3. The molecule has 2 saturated heterocycles. The van der Waals surface area contributed by atoms with Gasteiger partial charge in [0.15, 0.2) is 11.5 Å². The Morgan fingerprint density at radius 1 is 1.24 bits per heavy atom. The van der Waals surface area contributed by atoms with Crippen LogP contribution in [0.3, 0.4) is 0 Å². The third-order valence-electron chi connectivity index (χ3n) is 8.41. The Hall–Kier alpha value is -4.12. The summed E-state index contributed by atoms with van der Waals surface area (Å²) in [6.45, 7) is 6.31. The molecule has 2 aliphatic rings. The maximum absolute atomic E-state index is 13.9.